The molecule has 6 heteroatoms. The molecule has 1 unspecified atom stereocenters. The summed E-state index contributed by atoms with van der Waals surface area (Å²) in [5.41, 5.74) is 6.12. The van der Waals surface area contributed by atoms with E-state index in [1.165, 1.54) is 6.07 Å². The first kappa shape index (κ1) is 15.3. The number of hydrogen-bond donors (Lipinski definition) is 2. The molecule has 20 heavy (non-hydrogen) atoms. The minimum atomic E-state index is -0.758. The molecule has 1 aliphatic heterocycles. The van der Waals surface area contributed by atoms with Gasteiger partial charge in [-0.3, -0.25) is 0 Å². The zero-order valence-electron chi connectivity index (χ0n) is 12.5. The van der Waals surface area contributed by atoms with Gasteiger partial charge in [-0.15, -0.1) is 0 Å². The summed E-state index contributed by atoms with van der Waals surface area (Å²) < 4.78 is 25.2. The number of nitrogens with two attached hydrogens (primary N) is 1. The molecule has 3 N–H and O–H groups in total. The highest BCUT2D eigenvalue weighted by Gasteiger charge is 2.53. The normalized spacial score (nSPS) is 22.1. The van der Waals surface area contributed by atoms with E-state index in [1.54, 1.807) is 13.0 Å². The number of hydrogen-bond acceptors (Lipinski definition) is 4. The van der Waals surface area contributed by atoms with Crippen LogP contribution >= 0.6 is 0 Å². The second-order valence-corrected chi connectivity index (χ2v) is 6.28. The summed E-state index contributed by atoms with van der Waals surface area (Å²) in [6, 6.07) is 2.79. The summed E-state index contributed by atoms with van der Waals surface area (Å²) in [7, 11) is -0.730. The van der Waals surface area contributed by atoms with Crippen molar-refractivity contribution in [2.75, 3.05) is 0 Å². The van der Waals surface area contributed by atoms with Gasteiger partial charge in [0.15, 0.2) is 11.6 Å². The van der Waals surface area contributed by atoms with Crippen molar-refractivity contribution in [3.63, 3.8) is 0 Å². The second-order valence-electron chi connectivity index (χ2n) is 6.28. The monoisotopic (exact) mass is 281 g/mol. The number of aryl methyl sites for hydroxylation is 1. The molecular formula is C14H21BFNO3. The first-order valence-electron chi connectivity index (χ1n) is 6.66. The van der Waals surface area contributed by atoms with Crippen LogP contribution in [0.4, 0.5) is 4.39 Å². The Hall–Kier alpha value is -1.11. The molecule has 1 atom stereocenters. The van der Waals surface area contributed by atoms with Crippen LogP contribution in [-0.2, 0) is 9.31 Å². The van der Waals surface area contributed by atoms with Gasteiger partial charge >= 0.3 is 7.12 Å². The maximum absolute atomic E-state index is 13.5. The molecule has 0 aliphatic carbocycles. The molecule has 1 aromatic carbocycles. The fourth-order valence-electron chi connectivity index (χ4n) is 2.27. The third kappa shape index (κ3) is 2.32. The van der Waals surface area contributed by atoms with Crippen molar-refractivity contribution in [1.82, 2.24) is 0 Å². The van der Waals surface area contributed by atoms with Gasteiger partial charge in [-0.1, -0.05) is 6.07 Å². The number of rotatable bonds is 2. The highest BCUT2D eigenvalue weighted by Crippen LogP contribution is 2.41. The molecule has 0 amide bonds. The third-order valence-electron chi connectivity index (χ3n) is 4.28. The van der Waals surface area contributed by atoms with Gasteiger partial charge in [0.05, 0.1) is 17.1 Å². The zero-order chi connectivity index (χ0) is 15.3. The molecular weight excluding hydrogens is 260 g/mol. The van der Waals surface area contributed by atoms with E-state index < -0.39 is 35.8 Å². The predicted molar refractivity (Wildman–Crippen MR) is 75.8 cm³/mol. The van der Waals surface area contributed by atoms with Crippen LogP contribution in [0.5, 0.6) is 5.75 Å². The Labute approximate surface area is 119 Å². The summed E-state index contributed by atoms with van der Waals surface area (Å²) in [4.78, 5) is 0. The minimum Gasteiger partial charge on any atom is -0.505 e. The van der Waals surface area contributed by atoms with Gasteiger partial charge in [0, 0.05) is 5.56 Å². The summed E-state index contributed by atoms with van der Waals surface area (Å²) in [6.07, 6.45) is 0. The molecule has 1 fully saturated rings. The van der Waals surface area contributed by atoms with Gasteiger partial charge in [-0.25, -0.2) is 4.39 Å². The van der Waals surface area contributed by atoms with E-state index in [0.29, 0.717) is 11.1 Å². The van der Waals surface area contributed by atoms with Gasteiger partial charge in [-0.05, 0) is 46.2 Å². The summed E-state index contributed by atoms with van der Waals surface area (Å²) >= 11 is 0. The third-order valence-corrected chi connectivity index (χ3v) is 4.28. The highest BCUT2D eigenvalue weighted by molar-refractivity contribution is 6.47. The molecule has 1 aliphatic rings. The Morgan fingerprint density at radius 2 is 1.70 bits per heavy atom. The number of phenols is 1. The fraction of sp³-hybridized carbons (Fsp3) is 0.571. The molecule has 0 bridgehead atoms. The van der Waals surface area contributed by atoms with Gasteiger partial charge in [0.25, 0.3) is 0 Å². The number of halogens is 1. The number of benzene rings is 1. The van der Waals surface area contributed by atoms with Gasteiger partial charge in [-0.2, -0.15) is 0 Å². The Kier molecular flexibility index (Phi) is 3.61. The maximum atomic E-state index is 13.5. The van der Waals surface area contributed by atoms with E-state index >= 15 is 0 Å². The highest BCUT2D eigenvalue weighted by atomic mass is 19.1. The maximum Gasteiger partial charge on any atom is 0.480 e. The molecule has 1 heterocycles. The van der Waals surface area contributed by atoms with Crippen LogP contribution in [-0.4, -0.2) is 23.4 Å². The van der Waals surface area contributed by atoms with Crippen LogP contribution in [0, 0.1) is 12.7 Å². The standard InChI is InChI=1S/C14H21BFNO3/c1-8-6-7-9(16)11(18)10(8)12(17)15-19-13(2,3)14(4,5)20-15/h6-7,12,18H,17H2,1-5H3. The van der Waals surface area contributed by atoms with Crippen molar-refractivity contribution in [1.29, 1.82) is 0 Å². The van der Waals surface area contributed by atoms with Crippen molar-refractivity contribution < 1.29 is 18.8 Å². The van der Waals surface area contributed by atoms with Crippen molar-refractivity contribution in [3.8, 4) is 5.75 Å². The van der Waals surface area contributed by atoms with Crippen LogP contribution in [0.3, 0.4) is 0 Å². The number of phenolic OH excluding ortho intramolecular Hbond substituents is 1. The largest absolute Gasteiger partial charge is 0.505 e. The molecule has 0 aromatic heterocycles. The van der Waals surface area contributed by atoms with Crippen molar-refractivity contribution in [2.24, 2.45) is 5.73 Å². The average Bonchev–Trinajstić information content (AvgIpc) is 2.54. The quantitative estimate of drug-likeness (QED) is 0.817. The second kappa shape index (κ2) is 4.72. The molecule has 0 saturated carbocycles. The number of aromatic hydroxyl groups is 1. The van der Waals surface area contributed by atoms with E-state index in [9.17, 15) is 9.50 Å². The fourth-order valence-corrected chi connectivity index (χ4v) is 2.27. The van der Waals surface area contributed by atoms with Crippen LogP contribution in [0.2, 0.25) is 0 Å². The van der Waals surface area contributed by atoms with Crippen molar-refractivity contribution in [3.05, 3.63) is 29.1 Å². The lowest BCUT2D eigenvalue weighted by atomic mass is 9.73. The Balaban J connectivity index is 2.35. The lowest BCUT2D eigenvalue weighted by Crippen LogP contribution is -2.41. The van der Waals surface area contributed by atoms with Crippen LogP contribution in [0.15, 0.2) is 12.1 Å². The van der Waals surface area contributed by atoms with E-state index in [4.69, 9.17) is 15.0 Å². The minimum absolute atomic E-state index is 0.323. The molecule has 0 spiro atoms. The van der Waals surface area contributed by atoms with Crippen molar-refractivity contribution >= 4 is 7.12 Å². The Morgan fingerprint density at radius 3 is 2.20 bits per heavy atom. The van der Waals surface area contributed by atoms with E-state index in [0.717, 1.165) is 0 Å². The Morgan fingerprint density at radius 1 is 1.20 bits per heavy atom. The SMILES string of the molecule is Cc1ccc(F)c(O)c1C(N)B1OC(C)(C)C(C)(C)O1. The molecule has 2 rings (SSSR count). The van der Waals surface area contributed by atoms with Crippen LogP contribution in [0.25, 0.3) is 0 Å². The topological polar surface area (TPSA) is 64.7 Å². The van der Waals surface area contributed by atoms with Gasteiger partial charge in [0.1, 0.15) is 0 Å². The van der Waals surface area contributed by atoms with Crippen LogP contribution in [0.1, 0.15) is 44.8 Å². The zero-order valence-corrected chi connectivity index (χ0v) is 12.5. The predicted octanol–water partition coefficient (Wildman–Crippen LogP) is 2.47. The first-order chi connectivity index (χ1) is 9.07. The first-order valence-corrected chi connectivity index (χ1v) is 6.66. The molecule has 1 saturated heterocycles. The molecule has 4 nitrogen and oxygen atoms in total. The molecule has 1 aromatic rings. The van der Waals surface area contributed by atoms with Crippen molar-refractivity contribution in [2.45, 2.75) is 51.8 Å². The summed E-state index contributed by atoms with van der Waals surface area (Å²) in [6.45, 7) is 9.42. The average molecular weight is 281 g/mol. The summed E-state index contributed by atoms with van der Waals surface area (Å²) in [5.74, 6) is -1.89. The molecule has 110 valence electrons. The lowest BCUT2D eigenvalue weighted by molar-refractivity contribution is 0.00578. The van der Waals surface area contributed by atoms with E-state index in [2.05, 4.69) is 0 Å². The smallest absolute Gasteiger partial charge is 0.480 e. The summed E-state index contributed by atoms with van der Waals surface area (Å²) in [5, 5.41) is 9.90. The van der Waals surface area contributed by atoms with Gasteiger partial charge in [0.2, 0.25) is 0 Å². The van der Waals surface area contributed by atoms with E-state index in [1.807, 2.05) is 27.7 Å². The van der Waals surface area contributed by atoms with E-state index in [-0.39, 0.29) is 0 Å². The Bertz CT molecular complexity index is 517. The van der Waals surface area contributed by atoms with Crippen LogP contribution < -0.4 is 5.73 Å². The molecule has 0 radical (unpaired) electrons. The lowest BCUT2D eigenvalue weighted by Gasteiger charge is -2.32. The van der Waals surface area contributed by atoms with Gasteiger partial charge < -0.3 is 20.1 Å².